The number of halogens is 2. The van der Waals surface area contributed by atoms with E-state index in [1.807, 2.05) is 48.8 Å². The Morgan fingerprint density at radius 1 is 1.17 bits per heavy atom. The minimum absolute atomic E-state index is 0.0542. The Kier molecular flexibility index (Phi) is 5.28. The van der Waals surface area contributed by atoms with Crippen molar-refractivity contribution >= 4 is 5.91 Å². The third kappa shape index (κ3) is 4.22. The van der Waals surface area contributed by atoms with Gasteiger partial charge in [0.15, 0.2) is 0 Å². The smallest absolute Gasteiger partial charge is 0.253 e. The highest BCUT2D eigenvalue weighted by Crippen LogP contribution is 2.24. The first-order valence-electron chi connectivity index (χ1n) is 8.39. The van der Waals surface area contributed by atoms with Crippen LogP contribution in [0.25, 0.3) is 0 Å². The third-order valence-electron chi connectivity index (χ3n) is 4.55. The average molecular weight is 332 g/mol. The fourth-order valence-electron chi connectivity index (χ4n) is 3.32. The highest BCUT2D eigenvalue weighted by molar-refractivity contribution is 5.94. The van der Waals surface area contributed by atoms with Gasteiger partial charge >= 0.3 is 0 Å². The quantitative estimate of drug-likeness (QED) is 0.811. The number of carbonyl (C=O) groups excluding carboxylic acids is 1. The van der Waals surface area contributed by atoms with Crippen LogP contribution in [0.5, 0.6) is 0 Å². The van der Waals surface area contributed by atoms with E-state index in [1.54, 1.807) is 4.90 Å². The Morgan fingerprint density at radius 2 is 1.88 bits per heavy atom. The zero-order chi connectivity index (χ0) is 16.9. The summed E-state index contributed by atoms with van der Waals surface area (Å²) in [5, 5.41) is 0. The third-order valence-corrected chi connectivity index (χ3v) is 4.55. The molecule has 3 nitrogen and oxygen atoms in total. The number of amides is 1. The number of alkyl halides is 2. The summed E-state index contributed by atoms with van der Waals surface area (Å²) in [6.45, 7) is 1.86. The monoisotopic (exact) mass is 332 g/mol. The van der Waals surface area contributed by atoms with Crippen LogP contribution in [-0.4, -0.2) is 34.9 Å². The molecule has 0 N–H and O–H groups in total. The maximum Gasteiger partial charge on any atom is 0.253 e. The van der Waals surface area contributed by atoms with E-state index in [4.69, 9.17) is 0 Å². The number of aromatic nitrogens is 1. The first kappa shape index (κ1) is 16.7. The van der Waals surface area contributed by atoms with Crippen molar-refractivity contribution in [3.05, 3.63) is 59.9 Å². The minimum Gasteiger partial charge on any atom is -0.350 e. The van der Waals surface area contributed by atoms with Crippen LogP contribution in [0.3, 0.4) is 0 Å². The Hall–Kier alpha value is -2.17. The molecular formula is C19H22F2N2O. The van der Waals surface area contributed by atoms with Crippen molar-refractivity contribution in [1.29, 1.82) is 0 Å². The molecule has 5 heteroatoms. The lowest BCUT2D eigenvalue weighted by molar-refractivity contribution is 0.0559. The molecule has 0 saturated carbocycles. The summed E-state index contributed by atoms with van der Waals surface area (Å²) in [4.78, 5) is 14.3. The van der Waals surface area contributed by atoms with Gasteiger partial charge in [0.1, 0.15) is 0 Å². The fraction of sp³-hybridized carbons (Fsp3) is 0.421. The van der Waals surface area contributed by atoms with E-state index in [1.165, 1.54) is 0 Å². The summed E-state index contributed by atoms with van der Waals surface area (Å²) in [6.07, 6.45) is 3.17. The molecule has 1 aromatic carbocycles. The topological polar surface area (TPSA) is 25.2 Å². The maximum atomic E-state index is 12.6. The van der Waals surface area contributed by atoms with E-state index in [9.17, 15) is 13.6 Å². The summed E-state index contributed by atoms with van der Waals surface area (Å²) < 4.78 is 27.2. The number of hydrogen-bond donors (Lipinski definition) is 0. The van der Waals surface area contributed by atoms with Gasteiger partial charge in [0, 0.05) is 44.0 Å². The Balaban J connectivity index is 1.62. The van der Waals surface area contributed by atoms with Gasteiger partial charge in [-0.15, -0.1) is 0 Å². The fourth-order valence-corrected chi connectivity index (χ4v) is 3.32. The molecule has 1 atom stereocenters. The first-order valence-corrected chi connectivity index (χ1v) is 8.39. The predicted molar refractivity (Wildman–Crippen MR) is 89.2 cm³/mol. The van der Waals surface area contributed by atoms with E-state index in [0.29, 0.717) is 18.7 Å². The number of carbonyl (C=O) groups is 1. The summed E-state index contributed by atoms with van der Waals surface area (Å²) in [5.41, 5.74) is 1.75. The lowest BCUT2D eigenvalue weighted by atomic mass is 9.94. The van der Waals surface area contributed by atoms with Gasteiger partial charge in [-0.1, -0.05) is 12.1 Å². The lowest BCUT2D eigenvalue weighted by Gasteiger charge is -2.32. The van der Waals surface area contributed by atoms with Gasteiger partial charge in [-0.2, -0.15) is 0 Å². The molecule has 1 fully saturated rings. The standard InChI is InChI=1S/C19H22F2N2O/c20-18(21)12-16-4-3-11-23(14-16)19(24)17-7-5-15(6-8-17)13-22-9-1-2-10-22/h1-2,5-10,16,18H,3-4,11-14H2. The van der Waals surface area contributed by atoms with Crippen LogP contribution in [0.4, 0.5) is 8.78 Å². The molecule has 1 aliphatic heterocycles. The van der Waals surface area contributed by atoms with E-state index in [0.717, 1.165) is 24.9 Å². The molecule has 2 aromatic rings. The van der Waals surface area contributed by atoms with Gasteiger partial charge < -0.3 is 9.47 Å². The number of benzene rings is 1. The molecule has 0 bridgehead atoms. The zero-order valence-electron chi connectivity index (χ0n) is 13.6. The van der Waals surface area contributed by atoms with E-state index in [2.05, 4.69) is 4.57 Å². The van der Waals surface area contributed by atoms with E-state index >= 15 is 0 Å². The van der Waals surface area contributed by atoms with E-state index < -0.39 is 6.43 Å². The van der Waals surface area contributed by atoms with Crippen molar-refractivity contribution in [3.8, 4) is 0 Å². The Labute approximate surface area is 140 Å². The average Bonchev–Trinajstić information content (AvgIpc) is 3.07. The number of piperidine rings is 1. The SMILES string of the molecule is O=C(c1ccc(Cn2cccc2)cc1)N1CCCC(CC(F)F)C1. The molecule has 2 heterocycles. The van der Waals surface area contributed by atoms with Crippen LogP contribution in [0, 0.1) is 5.92 Å². The van der Waals surface area contributed by atoms with Gasteiger partial charge in [-0.05, 0) is 48.6 Å². The van der Waals surface area contributed by atoms with Crippen LogP contribution < -0.4 is 0 Å². The number of nitrogens with zero attached hydrogens (tertiary/aromatic N) is 2. The van der Waals surface area contributed by atoms with Crippen molar-refractivity contribution in [3.63, 3.8) is 0 Å². The van der Waals surface area contributed by atoms with Crippen molar-refractivity contribution in [2.24, 2.45) is 5.92 Å². The second-order valence-corrected chi connectivity index (χ2v) is 6.44. The van der Waals surface area contributed by atoms with Crippen molar-refractivity contribution in [2.75, 3.05) is 13.1 Å². The van der Waals surface area contributed by atoms with Gasteiger partial charge in [-0.3, -0.25) is 4.79 Å². The predicted octanol–water partition coefficient (Wildman–Crippen LogP) is 4.04. The molecule has 3 rings (SSSR count). The van der Waals surface area contributed by atoms with E-state index in [-0.39, 0.29) is 18.2 Å². The molecule has 24 heavy (non-hydrogen) atoms. The maximum absolute atomic E-state index is 12.6. The van der Waals surface area contributed by atoms with Crippen molar-refractivity contribution < 1.29 is 13.6 Å². The molecule has 128 valence electrons. The summed E-state index contributed by atoms with van der Waals surface area (Å²) in [6, 6.07) is 11.5. The zero-order valence-corrected chi connectivity index (χ0v) is 13.6. The molecule has 0 radical (unpaired) electrons. The normalized spacial score (nSPS) is 18.1. The highest BCUT2D eigenvalue weighted by atomic mass is 19.3. The number of hydrogen-bond acceptors (Lipinski definition) is 1. The van der Waals surface area contributed by atoms with Crippen LogP contribution in [-0.2, 0) is 6.54 Å². The number of rotatable bonds is 5. The second-order valence-electron chi connectivity index (χ2n) is 6.44. The minimum atomic E-state index is -2.29. The molecular weight excluding hydrogens is 310 g/mol. The van der Waals surface area contributed by atoms with Crippen molar-refractivity contribution in [1.82, 2.24) is 9.47 Å². The molecule has 1 saturated heterocycles. The Morgan fingerprint density at radius 3 is 2.54 bits per heavy atom. The molecule has 1 aromatic heterocycles. The largest absolute Gasteiger partial charge is 0.350 e. The Bertz CT molecular complexity index is 653. The number of likely N-dealkylation sites (tertiary alicyclic amines) is 1. The highest BCUT2D eigenvalue weighted by Gasteiger charge is 2.26. The molecule has 1 aliphatic rings. The summed E-state index contributed by atoms with van der Waals surface area (Å²) in [7, 11) is 0. The first-order chi connectivity index (χ1) is 11.6. The van der Waals surface area contributed by atoms with Gasteiger partial charge in [-0.25, -0.2) is 8.78 Å². The van der Waals surface area contributed by atoms with Gasteiger partial charge in [0.05, 0.1) is 0 Å². The van der Waals surface area contributed by atoms with Crippen LogP contribution >= 0.6 is 0 Å². The summed E-state index contributed by atoms with van der Waals surface area (Å²) in [5.74, 6) is -0.141. The molecule has 0 spiro atoms. The van der Waals surface area contributed by atoms with Crippen molar-refractivity contribution in [2.45, 2.75) is 32.2 Å². The van der Waals surface area contributed by atoms with Crippen LogP contribution in [0.2, 0.25) is 0 Å². The molecule has 1 amide bonds. The van der Waals surface area contributed by atoms with Gasteiger partial charge in [0.25, 0.3) is 5.91 Å². The van der Waals surface area contributed by atoms with Crippen LogP contribution in [0.1, 0.15) is 35.2 Å². The second kappa shape index (κ2) is 7.60. The van der Waals surface area contributed by atoms with Crippen LogP contribution in [0.15, 0.2) is 48.8 Å². The summed E-state index contributed by atoms with van der Waals surface area (Å²) >= 11 is 0. The molecule has 1 unspecified atom stereocenters. The lowest BCUT2D eigenvalue weighted by Crippen LogP contribution is -2.40. The van der Waals surface area contributed by atoms with Gasteiger partial charge in [0.2, 0.25) is 6.43 Å². The molecule has 0 aliphatic carbocycles.